The molecule has 0 aliphatic rings. The van der Waals surface area contributed by atoms with Crippen molar-refractivity contribution in [3.05, 3.63) is 0 Å². The summed E-state index contributed by atoms with van der Waals surface area (Å²) in [5.41, 5.74) is 0. The minimum absolute atomic E-state index is 0.906. The van der Waals surface area contributed by atoms with Gasteiger partial charge in [-0.25, -0.2) is 0 Å². The molecule has 0 heterocycles. The summed E-state index contributed by atoms with van der Waals surface area (Å²) < 4.78 is 5.81. The zero-order valence-electron chi connectivity index (χ0n) is 9.89. The first-order valence-corrected chi connectivity index (χ1v) is 8.76. The van der Waals surface area contributed by atoms with Crippen LogP contribution in [0.15, 0.2) is 0 Å². The van der Waals surface area contributed by atoms with E-state index in [1.54, 1.807) is 0 Å². The zero-order chi connectivity index (χ0) is 10.3. The lowest BCUT2D eigenvalue weighted by molar-refractivity contribution is 0.212. The lowest BCUT2D eigenvalue weighted by Crippen LogP contribution is -2.33. The van der Waals surface area contributed by atoms with E-state index >= 15 is 0 Å². The molecule has 0 atom stereocenters. The third kappa shape index (κ3) is 8.47. The molecule has 80 valence electrons. The van der Waals surface area contributed by atoms with Crippen LogP contribution in [0.4, 0.5) is 0 Å². The summed E-state index contributed by atoms with van der Waals surface area (Å²) in [6.07, 6.45) is 1.24. The van der Waals surface area contributed by atoms with Crippen molar-refractivity contribution in [3.63, 3.8) is 0 Å². The van der Waals surface area contributed by atoms with Gasteiger partial charge in [0.05, 0.1) is 0 Å². The maximum Gasteiger partial charge on any atom is 0.183 e. The van der Waals surface area contributed by atoms with Crippen LogP contribution in [-0.4, -0.2) is 39.5 Å². The molecular weight excluding hydrogens is 178 g/mol. The Hall–Kier alpha value is 0.137. The van der Waals surface area contributed by atoms with E-state index in [-0.39, 0.29) is 0 Å². The molecule has 0 fully saturated rings. The van der Waals surface area contributed by atoms with Crippen molar-refractivity contribution in [2.75, 3.05) is 26.2 Å². The van der Waals surface area contributed by atoms with Crippen molar-refractivity contribution in [3.8, 4) is 0 Å². The number of likely N-dealkylation sites (N-methyl/N-ethyl adjacent to an activating group) is 1. The Kier molecular flexibility index (Phi) is 6.64. The Morgan fingerprint density at radius 3 is 2.08 bits per heavy atom. The highest BCUT2D eigenvalue weighted by atomic mass is 28.4. The SMILES string of the molecule is CCCN(CC)CCO[Si](C)(C)C. The summed E-state index contributed by atoms with van der Waals surface area (Å²) in [4.78, 5) is 2.44. The van der Waals surface area contributed by atoms with Gasteiger partial charge in [0.2, 0.25) is 0 Å². The molecule has 0 aromatic carbocycles. The van der Waals surface area contributed by atoms with E-state index in [0.717, 1.165) is 19.7 Å². The fourth-order valence-electron chi connectivity index (χ4n) is 1.23. The summed E-state index contributed by atoms with van der Waals surface area (Å²) >= 11 is 0. The molecule has 0 aliphatic carbocycles. The monoisotopic (exact) mass is 203 g/mol. The normalized spacial score (nSPS) is 12.5. The Morgan fingerprint density at radius 2 is 1.69 bits per heavy atom. The van der Waals surface area contributed by atoms with Crippen LogP contribution >= 0.6 is 0 Å². The molecule has 0 rings (SSSR count). The molecule has 0 bridgehead atoms. The van der Waals surface area contributed by atoms with E-state index in [1.165, 1.54) is 13.0 Å². The highest BCUT2D eigenvalue weighted by molar-refractivity contribution is 6.69. The molecule has 0 aromatic rings. The van der Waals surface area contributed by atoms with Crippen molar-refractivity contribution in [2.45, 2.75) is 39.9 Å². The first-order valence-electron chi connectivity index (χ1n) is 5.36. The van der Waals surface area contributed by atoms with Crippen LogP contribution in [0.25, 0.3) is 0 Å². The van der Waals surface area contributed by atoms with Gasteiger partial charge in [-0.2, -0.15) is 0 Å². The van der Waals surface area contributed by atoms with E-state index in [9.17, 15) is 0 Å². The van der Waals surface area contributed by atoms with Crippen molar-refractivity contribution >= 4 is 8.32 Å². The summed E-state index contributed by atoms with van der Waals surface area (Å²) in [5, 5.41) is 0. The second-order valence-electron chi connectivity index (χ2n) is 4.40. The summed E-state index contributed by atoms with van der Waals surface area (Å²) in [6.45, 7) is 15.5. The van der Waals surface area contributed by atoms with Crippen LogP contribution < -0.4 is 0 Å². The number of rotatable bonds is 7. The first kappa shape index (κ1) is 13.1. The van der Waals surface area contributed by atoms with E-state index in [1.807, 2.05) is 0 Å². The molecule has 0 radical (unpaired) electrons. The zero-order valence-corrected chi connectivity index (χ0v) is 10.9. The molecule has 13 heavy (non-hydrogen) atoms. The maximum absolute atomic E-state index is 5.81. The van der Waals surface area contributed by atoms with Gasteiger partial charge in [-0.15, -0.1) is 0 Å². The minimum Gasteiger partial charge on any atom is -0.416 e. The van der Waals surface area contributed by atoms with E-state index in [2.05, 4.69) is 38.4 Å². The molecule has 0 unspecified atom stereocenters. The standard InChI is InChI=1S/C10H25NOSi/c1-6-8-11(7-2)9-10-12-13(3,4)5/h6-10H2,1-5H3. The minimum atomic E-state index is -1.29. The summed E-state index contributed by atoms with van der Waals surface area (Å²) in [7, 11) is -1.29. The maximum atomic E-state index is 5.81. The summed E-state index contributed by atoms with van der Waals surface area (Å²) in [5.74, 6) is 0. The van der Waals surface area contributed by atoms with Crippen LogP contribution in [0.5, 0.6) is 0 Å². The van der Waals surface area contributed by atoms with E-state index < -0.39 is 8.32 Å². The fraction of sp³-hybridized carbons (Fsp3) is 1.00. The largest absolute Gasteiger partial charge is 0.416 e. The van der Waals surface area contributed by atoms with Crippen molar-refractivity contribution in [1.29, 1.82) is 0 Å². The van der Waals surface area contributed by atoms with Gasteiger partial charge in [0.25, 0.3) is 0 Å². The van der Waals surface area contributed by atoms with E-state index in [4.69, 9.17) is 4.43 Å². The van der Waals surface area contributed by atoms with Crippen molar-refractivity contribution < 1.29 is 4.43 Å². The lowest BCUT2D eigenvalue weighted by atomic mass is 10.4. The predicted molar refractivity (Wildman–Crippen MR) is 61.7 cm³/mol. The highest BCUT2D eigenvalue weighted by Gasteiger charge is 2.13. The van der Waals surface area contributed by atoms with Crippen molar-refractivity contribution in [1.82, 2.24) is 4.90 Å². The topological polar surface area (TPSA) is 12.5 Å². The molecule has 0 amide bonds. The molecule has 0 aromatic heterocycles. The molecule has 0 saturated carbocycles. The average molecular weight is 203 g/mol. The third-order valence-electron chi connectivity index (χ3n) is 1.93. The number of hydrogen-bond donors (Lipinski definition) is 0. The molecule has 0 saturated heterocycles. The van der Waals surface area contributed by atoms with E-state index in [0.29, 0.717) is 0 Å². The van der Waals surface area contributed by atoms with Gasteiger partial charge < -0.3 is 9.33 Å². The third-order valence-corrected chi connectivity index (χ3v) is 3.00. The summed E-state index contributed by atoms with van der Waals surface area (Å²) in [6, 6.07) is 0. The predicted octanol–water partition coefficient (Wildman–Crippen LogP) is 2.57. The van der Waals surface area contributed by atoms with Gasteiger partial charge in [0.1, 0.15) is 0 Å². The second-order valence-corrected chi connectivity index (χ2v) is 8.91. The van der Waals surface area contributed by atoms with Crippen LogP contribution in [0.2, 0.25) is 19.6 Å². The second kappa shape index (κ2) is 6.57. The molecule has 0 N–H and O–H groups in total. The smallest absolute Gasteiger partial charge is 0.183 e. The van der Waals surface area contributed by atoms with Gasteiger partial charge in [0.15, 0.2) is 8.32 Å². The molecule has 0 spiro atoms. The van der Waals surface area contributed by atoms with Gasteiger partial charge in [-0.1, -0.05) is 13.8 Å². The Bertz CT molecular complexity index is 123. The lowest BCUT2D eigenvalue weighted by Gasteiger charge is -2.23. The van der Waals surface area contributed by atoms with Crippen LogP contribution in [-0.2, 0) is 4.43 Å². The molecule has 0 aliphatic heterocycles. The fourth-order valence-corrected chi connectivity index (χ4v) is 1.93. The van der Waals surface area contributed by atoms with Crippen LogP contribution in [0.3, 0.4) is 0 Å². The Balaban J connectivity index is 3.49. The van der Waals surface area contributed by atoms with Gasteiger partial charge in [0, 0.05) is 13.2 Å². The Morgan fingerprint density at radius 1 is 1.08 bits per heavy atom. The quantitative estimate of drug-likeness (QED) is 0.590. The highest BCUT2D eigenvalue weighted by Crippen LogP contribution is 2.02. The molecule has 3 heteroatoms. The van der Waals surface area contributed by atoms with Crippen molar-refractivity contribution in [2.24, 2.45) is 0 Å². The van der Waals surface area contributed by atoms with Gasteiger partial charge >= 0.3 is 0 Å². The number of nitrogens with zero attached hydrogens (tertiary/aromatic N) is 1. The Labute approximate surface area is 84.4 Å². The van der Waals surface area contributed by atoms with Gasteiger partial charge in [-0.05, 0) is 39.2 Å². The average Bonchev–Trinajstić information content (AvgIpc) is 2.01. The van der Waals surface area contributed by atoms with Gasteiger partial charge in [-0.3, -0.25) is 0 Å². The number of hydrogen-bond acceptors (Lipinski definition) is 2. The molecular formula is C10H25NOSi. The molecule has 2 nitrogen and oxygen atoms in total. The van der Waals surface area contributed by atoms with Crippen LogP contribution in [0.1, 0.15) is 20.3 Å². The first-order chi connectivity index (χ1) is 5.99. The van der Waals surface area contributed by atoms with Crippen LogP contribution in [0, 0.1) is 0 Å².